The highest BCUT2D eigenvalue weighted by molar-refractivity contribution is 7.84. The molecule has 0 radical (unpaired) electrons. The first-order chi connectivity index (χ1) is 7.32. The first-order valence-electron chi connectivity index (χ1n) is 5.69. The SMILES string of the molecule is CC(C)NC(=O)C(C)NC(C)CCS(C)=O. The van der Waals surface area contributed by atoms with Crippen molar-refractivity contribution < 1.29 is 9.00 Å². The molecular weight excluding hydrogens is 224 g/mol. The highest BCUT2D eigenvalue weighted by Gasteiger charge is 2.15. The summed E-state index contributed by atoms with van der Waals surface area (Å²) in [4.78, 5) is 11.6. The Morgan fingerprint density at radius 2 is 1.81 bits per heavy atom. The molecular formula is C11H24N2O2S. The molecule has 0 aromatic heterocycles. The van der Waals surface area contributed by atoms with Crippen molar-refractivity contribution >= 4 is 16.7 Å². The summed E-state index contributed by atoms with van der Waals surface area (Å²) >= 11 is 0. The van der Waals surface area contributed by atoms with Gasteiger partial charge in [-0.05, 0) is 34.1 Å². The van der Waals surface area contributed by atoms with E-state index in [1.54, 1.807) is 6.26 Å². The number of nitrogens with one attached hydrogen (secondary N) is 2. The summed E-state index contributed by atoms with van der Waals surface area (Å²) in [7, 11) is -0.761. The zero-order valence-electron chi connectivity index (χ0n) is 10.9. The Bertz CT molecular complexity index is 244. The van der Waals surface area contributed by atoms with Crippen molar-refractivity contribution in [2.45, 2.75) is 52.2 Å². The molecule has 0 rings (SSSR count). The zero-order valence-corrected chi connectivity index (χ0v) is 11.7. The van der Waals surface area contributed by atoms with Crippen LogP contribution in [0.3, 0.4) is 0 Å². The van der Waals surface area contributed by atoms with Gasteiger partial charge in [-0.1, -0.05) is 0 Å². The Kier molecular flexibility index (Phi) is 7.58. The van der Waals surface area contributed by atoms with Gasteiger partial charge in [0.25, 0.3) is 0 Å². The number of hydrogen-bond donors (Lipinski definition) is 2. The second-order valence-corrected chi connectivity index (χ2v) is 6.07. The molecule has 3 atom stereocenters. The molecule has 96 valence electrons. The van der Waals surface area contributed by atoms with Crippen LogP contribution in [-0.2, 0) is 15.6 Å². The van der Waals surface area contributed by atoms with Crippen LogP contribution in [-0.4, -0.2) is 40.3 Å². The number of amides is 1. The number of hydrogen-bond acceptors (Lipinski definition) is 3. The van der Waals surface area contributed by atoms with E-state index in [0.29, 0.717) is 5.75 Å². The van der Waals surface area contributed by atoms with Gasteiger partial charge in [-0.15, -0.1) is 0 Å². The maximum Gasteiger partial charge on any atom is 0.237 e. The molecule has 0 saturated carbocycles. The van der Waals surface area contributed by atoms with Gasteiger partial charge in [0.2, 0.25) is 5.91 Å². The fraction of sp³-hybridized carbons (Fsp3) is 0.909. The Morgan fingerprint density at radius 3 is 2.25 bits per heavy atom. The number of rotatable bonds is 7. The van der Waals surface area contributed by atoms with Crippen LogP contribution in [0.2, 0.25) is 0 Å². The zero-order chi connectivity index (χ0) is 12.7. The van der Waals surface area contributed by atoms with Gasteiger partial charge in [0.05, 0.1) is 6.04 Å². The van der Waals surface area contributed by atoms with Crippen LogP contribution in [0.15, 0.2) is 0 Å². The second kappa shape index (κ2) is 7.79. The maximum absolute atomic E-state index is 11.6. The monoisotopic (exact) mass is 248 g/mol. The molecule has 0 aliphatic rings. The fourth-order valence-electron chi connectivity index (χ4n) is 1.34. The smallest absolute Gasteiger partial charge is 0.237 e. The van der Waals surface area contributed by atoms with Crippen molar-refractivity contribution in [1.29, 1.82) is 0 Å². The van der Waals surface area contributed by atoms with Crippen LogP contribution in [0.5, 0.6) is 0 Å². The molecule has 1 amide bonds. The molecule has 16 heavy (non-hydrogen) atoms. The second-order valence-electron chi connectivity index (χ2n) is 4.52. The van der Waals surface area contributed by atoms with Gasteiger partial charge in [0.1, 0.15) is 0 Å². The molecule has 0 spiro atoms. The third kappa shape index (κ3) is 7.82. The van der Waals surface area contributed by atoms with Crippen LogP contribution >= 0.6 is 0 Å². The van der Waals surface area contributed by atoms with E-state index in [9.17, 15) is 9.00 Å². The predicted octanol–water partition coefficient (Wildman–Crippen LogP) is 0.646. The lowest BCUT2D eigenvalue weighted by molar-refractivity contribution is -0.123. The van der Waals surface area contributed by atoms with Gasteiger partial charge < -0.3 is 10.6 Å². The molecule has 0 aliphatic carbocycles. The quantitative estimate of drug-likeness (QED) is 0.695. The molecule has 3 unspecified atom stereocenters. The minimum Gasteiger partial charge on any atom is -0.353 e. The van der Waals surface area contributed by atoms with Crippen LogP contribution in [0.1, 0.15) is 34.1 Å². The van der Waals surface area contributed by atoms with Gasteiger partial charge in [-0.2, -0.15) is 0 Å². The Morgan fingerprint density at radius 1 is 1.25 bits per heavy atom. The third-order valence-corrected chi connectivity index (χ3v) is 3.01. The number of carbonyl (C=O) groups is 1. The summed E-state index contributed by atoms with van der Waals surface area (Å²) in [6.45, 7) is 7.73. The van der Waals surface area contributed by atoms with Gasteiger partial charge in [-0.3, -0.25) is 9.00 Å². The Balaban J connectivity index is 3.89. The largest absolute Gasteiger partial charge is 0.353 e. The molecule has 5 heteroatoms. The van der Waals surface area contributed by atoms with Crippen molar-refractivity contribution in [3.8, 4) is 0 Å². The van der Waals surface area contributed by atoms with Crippen LogP contribution < -0.4 is 10.6 Å². The minimum atomic E-state index is -0.761. The van der Waals surface area contributed by atoms with E-state index < -0.39 is 10.8 Å². The lowest BCUT2D eigenvalue weighted by atomic mass is 10.2. The average molecular weight is 248 g/mol. The van der Waals surface area contributed by atoms with Crippen molar-refractivity contribution in [2.24, 2.45) is 0 Å². The summed E-state index contributed by atoms with van der Waals surface area (Å²) in [5.41, 5.74) is 0. The lowest BCUT2D eigenvalue weighted by Crippen LogP contribution is -2.47. The summed E-state index contributed by atoms with van der Waals surface area (Å²) in [5.74, 6) is 0.687. The van der Waals surface area contributed by atoms with E-state index in [4.69, 9.17) is 0 Å². The minimum absolute atomic E-state index is 0.0134. The molecule has 0 fully saturated rings. The summed E-state index contributed by atoms with van der Waals surface area (Å²) in [6.07, 6.45) is 2.52. The van der Waals surface area contributed by atoms with E-state index in [0.717, 1.165) is 6.42 Å². The third-order valence-electron chi connectivity index (χ3n) is 2.20. The van der Waals surface area contributed by atoms with E-state index in [1.165, 1.54) is 0 Å². The molecule has 0 aromatic rings. The molecule has 0 aromatic carbocycles. The molecule has 0 heterocycles. The average Bonchev–Trinajstić information content (AvgIpc) is 2.13. The van der Waals surface area contributed by atoms with Gasteiger partial charge in [-0.25, -0.2) is 0 Å². The van der Waals surface area contributed by atoms with Gasteiger partial charge in [0.15, 0.2) is 0 Å². The highest BCUT2D eigenvalue weighted by Crippen LogP contribution is 1.96. The summed E-state index contributed by atoms with van der Waals surface area (Å²) in [6, 6.07) is 0.162. The molecule has 0 aliphatic heterocycles. The van der Waals surface area contributed by atoms with E-state index in [2.05, 4.69) is 10.6 Å². The first-order valence-corrected chi connectivity index (χ1v) is 7.42. The summed E-state index contributed by atoms with van der Waals surface area (Å²) in [5, 5.41) is 6.05. The Labute approximate surface area is 101 Å². The van der Waals surface area contributed by atoms with E-state index in [-0.39, 0.29) is 24.0 Å². The van der Waals surface area contributed by atoms with E-state index in [1.807, 2.05) is 27.7 Å². The molecule has 4 nitrogen and oxygen atoms in total. The highest BCUT2D eigenvalue weighted by atomic mass is 32.2. The van der Waals surface area contributed by atoms with Gasteiger partial charge >= 0.3 is 0 Å². The maximum atomic E-state index is 11.6. The van der Waals surface area contributed by atoms with Crippen molar-refractivity contribution in [3.63, 3.8) is 0 Å². The number of carbonyl (C=O) groups excluding carboxylic acids is 1. The van der Waals surface area contributed by atoms with E-state index >= 15 is 0 Å². The first kappa shape index (κ1) is 15.6. The van der Waals surface area contributed by atoms with Crippen molar-refractivity contribution in [3.05, 3.63) is 0 Å². The van der Waals surface area contributed by atoms with Crippen LogP contribution in [0.25, 0.3) is 0 Å². The fourth-order valence-corrected chi connectivity index (χ4v) is 2.02. The molecule has 2 N–H and O–H groups in total. The predicted molar refractivity (Wildman–Crippen MR) is 68.9 cm³/mol. The van der Waals surface area contributed by atoms with Crippen LogP contribution in [0.4, 0.5) is 0 Å². The normalized spacial score (nSPS) is 16.9. The van der Waals surface area contributed by atoms with Crippen molar-refractivity contribution in [1.82, 2.24) is 10.6 Å². The van der Waals surface area contributed by atoms with Gasteiger partial charge in [0, 0.05) is 34.9 Å². The Hall–Kier alpha value is -0.420. The topological polar surface area (TPSA) is 58.2 Å². The summed E-state index contributed by atoms with van der Waals surface area (Å²) < 4.78 is 10.9. The van der Waals surface area contributed by atoms with Crippen molar-refractivity contribution in [2.75, 3.05) is 12.0 Å². The van der Waals surface area contributed by atoms with Crippen LogP contribution in [0, 0.1) is 0 Å². The lowest BCUT2D eigenvalue weighted by Gasteiger charge is -2.20. The molecule has 0 saturated heterocycles. The standard InChI is InChI=1S/C11H24N2O2S/c1-8(2)12-11(14)10(4)13-9(3)6-7-16(5)15/h8-10,13H,6-7H2,1-5H3,(H,12,14). The molecule has 0 bridgehead atoms.